The van der Waals surface area contributed by atoms with Crippen LogP contribution < -0.4 is 5.32 Å². The maximum Gasteiger partial charge on any atom is 0.252 e. The van der Waals surface area contributed by atoms with Crippen molar-refractivity contribution in [2.24, 2.45) is 0 Å². The lowest BCUT2D eigenvalue weighted by atomic mass is 10.0. The lowest BCUT2D eigenvalue weighted by Crippen LogP contribution is -2.28. The predicted octanol–water partition coefficient (Wildman–Crippen LogP) is 3.65. The molecule has 0 radical (unpaired) electrons. The van der Waals surface area contributed by atoms with Gasteiger partial charge in [0, 0.05) is 23.2 Å². The first kappa shape index (κ1) is 15.9. The maximum atomic E-state index is 13.1. The van der Waals surface area contributed by atoms with Crippen molar-refractivity contribution in [2.75, 3.05) is 0 Å². The van der Waals surface area contributed by atoms with Crippen LogP contribution in [0.15, 0.2) is 54.7 Å². The van der Waals surface area contributed by atoms with Gasteiger partial charge >= 0.3 is 0 Å². The molecule has 27 heavy (non-hydrogen) atoms. The molecule has 1 N–H and O–H groups in total. The van der Waals surface area contributed by atoms with E-state index in [2.05, 4.69) is 15.5 Å². The van der Waals surface area contributed by atoms with E-state index in [0.29, 0.717) is 17.3 Å². The highest BCUT2D eigenvalue weighted by atomic mass is 16.1. The molecule has 5 rings (SSSR count). The van der Waals surface area contributed by atoms with Crippen LogP contribution in [-0.4, -0.2) is 25.5 Å². The summed E-state index contributed by atoms with van der Waals surface area (Å²) in [4.78, 5) is 17.8. The Labute approximate surface area is 156 Å². The van der Waals surface area contributed by atoms with Crippen molar-refractivity contribution in [2.45, 2.75) is 31.7 Å². The number of rotatable bonds is 4. The molecule has 1 atom stereocenters. The van der Waals surface area contributed by atoms with Gasteiger partial charge in [0.25, 0.3) is 5.91 Å². The SMILES string of the molecule is C[C@@H](NC(=O)c1cc(C2CC2)nc2ccccc12)c1nnc2ccccn12. The Morgan fingerprint density at radius 2 is 1.96 bits per heavy atom. The molecule has 3 heterocycles. The molecular weight excluding hydrogens is 338 g/mol. The van der Waals surface area contributed by atoms with Crippen molar-refractivity contribution >= 4 is 22.5 Å². The van der Waals surface area contributed by atoms with Crippen LogP contribution in [0.3, 0.4) is 0 Å². The highest BCUT2D eigenvalue weighted by Gasteiger charge is 2.27. The van der Waals surface area contributed by atoms with Crippen molar-refractivity contribution in [3.8, 4) is 0 Å². The minimum atomic E-state index is -0.272. The highest BCUT2D eigenvalue weighted by Crippen LogP contribution is 2.40. The van der Waals surface area contributed by atoms with Crippen LogP contribution in [0.2, 0.25) is 0 Å². The molecule has 0 bridgehead atoms. The van der Waals surface area contributed by atoms with Gasteiger partial charge in [-0.15, -0.1) is 10.2 Å². The summed E-state index contributed by atoms with van der Waals surface area (Å²) in [6.45, 7) is 1.92. The minimum absolute atomic E-state index is 0.115. The van der Waals surface area contributed by atoms with Gasteiger partial charge < -0.3 is 5.32 Å². The number of benzene rings is 1. The van der Waals surface area contributed by atoms with Crippen molar-refractivity contribution in [3.63, 3.8) is 0 Å². The molecule has 1 aromatic carbocycles. The number of aromatic nitrogens is 4. The van der Waals surface area contributed by atoms with Gasteiger partial charge in [-0.25, -0.2) is 0 Å². The molecule has 1 aliphatic carbocycles. The Morgan fingerprint density at radius 1 is 1.15 bits per heavy atom. The second-order valence-corrected chi connectivity index (χ2v) is 7.07. The van der Waals surface area contributed by atoms with Gasteiger partial charge in [0.1, 0.15) is 0 Å². The van der Waals surface area contributed by atoms with Gasteiger partial charge in [-0.2, -0.15) is 0 Å². The number of nitrogens with one attached hydrogen (secondary N) is 1. The third kappa shape index (κ3) is 2.83. The van der Waals surface area contributed by atoms with E-state index in [-0.39, 0.29) is 11.9 Å². The van der Waals surface area contributed by atoms with Gasteiger partial charge in [-0.1, -0.05) is 24.3 Å². The highest BCUT2D eigenvalue weighted by molar-refractivity contribution is 6.06. The standard InChI is InChI=1S/C21H19N5O/c1-13(20-25-24-19-8-4-5-11-26(19)20)22-21(27)16-12-18(14-9-10-14)23-17-7-3-2-6-15(16)17/h2-8,11-14H,9-10H2,1H3,(H,22,27)/t13-/m1/s1. The average molecular weight is 357 g/mol. The van der Waals surface area contributed by atoms with E-state index in [1.165, 1.54) is 0 Å². The van der Waals surface area contributed by atoms with E-state index in [0.717, 1.165) is 35.1 Å². The maximum absolute atomic E-state index is 13.1. The van der Waals surface area contributed by atoms with E-state index in [9.17, 15) is 4.79 Å². The Morgan fingerprint density at radius 3 is 2.81 bits per heavy atom. The molecule has 1 amide bonds. The van der Waals surface area contributed by atoms with Gasteiger partial charge in [0.05, 0.1) is 17.1 Å². The fourth-order valence-electron chi connectivity index (χ4n) is 3.47. The monoisotopic (exact) mass is 357 g/mol. The number of hydrogen-bond donors (Lipinski definition) is 1. The molecule has 3 aromatic heterocycles. The summed E-state index contributed by atoms with van der Waals surface area (Å²) in [7, 11) is 0. The number of para-hydroxylation sites is 1. The first-order chi connectivity index (χ1) is 13.2. The zero-order valence-electron chi connectivity index (χ0n) is 15.0. The molecule has 0 spiro atoms. The number of amides is 1. The van der Waals surface area contributed by atoms with E-state index in [1.807, 2.05) is 66.1 Å². The van der Waals surface area contributed by atoms with Crippen LogP contribution in [-0.2, 0) is 0 Å². The molecule has 0 saturated heterocycles. The van der Waals surface area contributed by atoms with E-state index >= 15 is 0 Å². The molecule has 0 unspecified atom stereocenters. The molecule has 6 heteroatoms. The topological polar surface area (TPSA) is 72.2 Å². The summed E-state index contributed by atoms with van der Waals surface area (Å²) >= 11 is 0. The minimum Gasteiger partial charge on any atom is -0.342 e. The second kappa shape index (κ2) is 6.16. The number of fused-ring (bicyclic) bond motifs is 2. The van der Waals surface area contributed by atoms with Gasteiger partial charge in [0.15, 0.2) is 11.5 Å². The molecule has 1 fully saturated rings. The number of pyridine rings is 2. The molecule has 1 aliphatic rings. The second-order valence-electron chi connectivity index (χ2n) is 7.07. The number of nitrogens with zero attached hydrogens (tertiary/aromatic N) is 4. The van der Waals surface area contributed by atoms with E-state index in [1.54, 1.807) is 0 Å². The summed E-state index contributed by atoms with van der Waals surface area (Å²) in [5, 5.41) is 12.4. The molecule has 134 valence electrons. The van der Waals surface area contributed by atoms with E-state index < -0.39 is 0 Å². The number of carbonyl (C=O) groups is 1. The van der Waals surface area contributed by atoms with Crippen LogP contribution in [0.25, 0.3) is 16.6 Å². The number of carbonyl (C=O) groups excluding carboxylic acids is 1. The molecule has 0 aliphatic heterocycles. The van der Waals surface area contributed by atoms with Crippen molar-refractivity contribution in [3.05, 3.63) is 71.8 Å². The number of hydrogen-bond acceptors (Lipinski definition) is 4. The van der Waals surface area contributed by atoms with Crippen LogP contribution in [0.4, 0.5) is 0 Å². The Kier molecular flexibility index (Phi) is 3.63. The lowest BCUT2D eigenvalue weighted by molar-refractivity contribution is 0.0939. The molecule has 4 aromatic rings. The zero-order valence-corrected chi connectivity index (χ0v) is 15.0. The molecule has 6 nitrogen and oxygen atoms in total. The molecule has 1 saturated carbocycles. The van der Waals surface area contributed by atoms with Crippen LogP contribution in [0.5, 0.6) is 0 Å². The normalized spacial score (nSPS) is 15.1. The van der Waals surface area contributed by atoms with Crippen LogP contribution >= 0.6 is 0 Å². The first-order valence-corrected chi connectivity index (χ1v) is 9.21. The summed E-state index contributed by atoms with van der Waals surface area (Å²) in [6.07, 6.45) is 4.20. The fourth-order valence-corrected chi connectivity index (χ4v) is 3.47. The first-order valence-electron chi connectivity index (χ1n) is 9.21. The zero-order chi connectivity index (χ0) is 18.4. The van der Waals surface area contributed by atoms with Crippen LogP contribution in [0.1, 0.15) is 53.6 Å². The average Bonchev–Trinajstić information content (AvgIpc) is 3.46. The lowest BCUT2D eigenvalue weighted by Gasteiger charge is -2.14. The van der Waals surface area contributed by atoms with Crippen LogP contribution in [0, 0.1) is 0 Å². The van der Waals surface area contributed by atoms with Gasteiger partial charge in [0.2, 0.25) is 0 Å². The van der Waals surface area contributed by atoms with Crippen molar-refractivity contribution < 1.29 is 4.79 Å². The summed E-state index contributed by atoms with van der Waals surface area (Å²) in [5.74, 6) is 1.08. The Balaban J connectivity index is 1.50. The van der Waals surface area contributed by atoms with Gasteiger partial charge in [-0.3, -0.25) is 14.2 Å². The predicted molar refractivity (Wildman–Crippen MR) is 103 cm³/mol. The fraction of sp³-hybridized carbons (Fsp3) is 0.238. The van der Waals surface area contributed by atoms with E-state index in [4.69, 9.17) is 4.98 Å². The summed E-state index contributed by atoms with van der Waals surface area (Å²) in [6, 6.07) is 15.2. The van der Waals surface area contributed by atoms with Crippen molar-refractivity contribution in [1.29, 1.82) is 0 Å². The van der Waals surface area contributed by atoms with Gasteiger partial charge in [-0.05, 0) is 44.0 Å². The third-order valence-electron chi connectivity index (χ3n) is 5.05. The molecular formula is C21H19N5O. The summed E-state index contributed by atoms with van der Waals surface area (Å²) in [5.41, 5.74) is 3.31. The Bertz CT molecular complexity index is 1160. The largest absolute Gasteiger partial charge is 0.342 e. The summed E-state index contributed by atoms with van der Waals surface area (Å²) < 4.78 is 1.89. The third-order valence-corrected chi connectivity index (χ3v) is 5.05. The van der Waals surface area contributed by atoms with Crippen molar-refractivity contribution in [1.82, 2.24) is 24.9 Å². The Hall–Kier alpha value is -3.28. The smallest absolute Gasteiger partial charge is 0.252 e. The quantitative estimate of drug-likeness (QED) is 0.605.